The van der Waals surface area contributed by atoms with Crippen molar-refractivity contribution in [2.45, 2.75) is 44.1 Å². The van der Waals surface area contributed by atoms with Crippen LogP contribution in [0.1, 0.15) is 54.3 Å². The van der Waals surface area contributed by atoms with Gasteiger partial charge in [0.15, 0.2) is 0 Å². The zero-order valence-corrected chi connectivity index (χ0v) is 17.1. The zero-order chi connectivity index (χ0) is 20.9. The molecule has 1 spiro atoms. The third-order valence-electron chi connectivity index (χ3n) is 6.68. The Morgan fingerprint density at radius 2 is 1.90 bits per heavy atom. The van der Waals surface area contributed by atoms with Gasteiger partial charge in [-0.3, -0.25) is 9.59 Å². The molecule has 8 heteroatoms. The summed E-state index contributed by atoms with van der Waals surface area (Å²) in [4.78, 5) is 33.5. The number of hydrogen-bond donors (Lipinski definition) is 1. The number of β-amino-alcohol motifs (C(OH)–C–C–N with tert-alkyl or cyclic N) is 1. The van der Waals surface area contributed by atoms with Crippen molar-refractivity contribution in [1.82, 2.24) is 19.9 Å². The Morgan fingerprint density at radius 3 is 2.57 bits per heavy atom. The number of amides is 2. The van der Waals surface area contributed by atoms with Gasteiger partial charge < -0.3 is 19.4 Å². The number of aliphatic hydroxyl groups excluding tert-OH is 1. The number of piperidine rings is 2. The standard InChI is InChI=1S/C22H26N4O4/c1-25-13-17(27)12-22(21(25)29)8-10-26(11-9-22)20(28)16-6-2-14(3-7-16)18-23-19(30-24-18)15-4-5-15/h2-3,6-7,15,17,27H,4-5,8-13H2,1H3. The van der Waals surface area contributed by atoms with Crippen LogP contribution in [0, 0.1) is 5.41 Å². The maximum atomic E-state index is 13.0. The minimum atomic E-state index is -0.537. The van der Waals surface area contributed by atoms with E-state index >= 15 is 0 Å². The highest BCUT2D eigenvalue weighted by molar-refractivity contribution is 5.95. The van der Waals surface area contributed by atoms with Crippen LogP contribution in [-0.2, 0) is 4.79 Å². The van der Waals surface area contributed by atoms with Crippen LogP contribution < -0.4 is 0 Å². The fourth-order valence-electron chi connectivity index (χ4n) is 4.76. The Bertz CT molecular complexity index is 958. The summed E-state index contributed by atoms with van der Waals surface area (Å²) in [6.07, 6.45) is 3.38. The number of carbonyl (C=O) groups is 2. The molecule has 30 heavy (non-hydrogen) atoms. The third kappa shape index (κ3) is 3.39. The molecule has 0 bridgehead atoms. The fourth-order valence-corrected chi connectivity index (χ4v) is 4.76. The first-order valence-electron chi connectivity index (χ1n) is 10.6. The van der Waals surface area contributed by atoms with Crippen LogP contribution in [0.4, 0.5) is 0 Å². The number of benzene rings is 1. The Labute approximate surface area is 174 Å². The second-order valence-corrected chi connectivity index (χ2v) is 8.92. The molecule has 1 atom stereocenters. The molecule has 0 radical (unpaired) electrons. The van der Waals surface area contributed by atoms with Crippen LogP contribution in [0.3, 0.4) is 0 Å². The summed E-state index contributed by atoms with van der Waals surface area (Å²) >= 11 is 0. The fraction of sp³-hybridized carbons (Fsp3) is 0.545. The van der Waals surface area contributed by atoms with Crippen LogP contribution in [0.15, 0.2) is 28.8 Å². The van der Waals surface area contributed by atoms with Gasteiger partial charge in [-0.15, -0.1) is 0 Å². The first-order valence-corrected chi connectivity index (χ1v) is 10.6. The molecular formula is C22H26N4O4. The largest absolute Gasteiger partial charge is 0.391 e. The van der Waals surface area contributed by atoms with E-state index in [9.17, 15) is 14.7 Å². The number of hydrogen-bond acceptors (Lipinski definition) is 6. The van der Waals surface area contributed by atoms with Crippen LogP contribution in [0.5, 0.6) is 0 Å². The Kier molecular flexibility index (Phi) is 4.61. The molecule has 1 aromatic heterocycles. The van der Waals surface area contributed by atoms with Crippen LogP contribution >= 0.6 is 0 Å². The van der Waals surface area contributed by atoms with Gasteiger partial charge in [0.25, 0.3) is 5.91 Å². The van der Waals surface area contributed by atoms with Crippen molar-refractivity contribution in [3.05, 3.63) is 35.7 Å². The highest BCUT2D eigenvalue weighted by Crippen LogP contribution is 2.41. The van der Waals surface area contributed by atoms with E-state index in [1.807, 2.05) is 12.1 Å². The lowest BCUT2D eigenvalue weighted by atomic mass is 9.71. The molecule has 158 valence electrons. The Balaban J connectivity index is 1.25. The highest BCUT2D eigenvalue weighted by atomic mass is 16.5. The average Bonchev–Trinajstić information content (AvgIpc) is 3.49. The van der Waals surface area contributed by atoms with Gasteiger partial charge >= 0.3 is 0 Å². The molecule has 2 saturated heterocycles. The second-order valence-electron chi connectivity index (χ2n) is 8.92. The molecule has 1 aromatic carbocycles. The van der Waals surface area contributed by atoms with Crippen molar-refractivity contribution in [2.24, 2.45) is 5.41 Å². The van der Waals surface area contributed by atoms with Crippen molar-refractivity contribution in [2.75, 3.05) is 26.7 Å². The summed E-state index contributed by atoms with van der Waals surface area (Å²) < 4.78 is 5.31. The second kappa shape index (κ2) is 7.19. The normalized spacial score (nSPS) is 23.8. The van der Waals surface area contributed by atoms with Gasteiger partial charge in [-0.1, -0.05) is 17.3 Å². The summed E-state index contributed by atoms with van der Waals surface area (Å²) in [6, 6.07) is 7.27. The molecule has 5 rings (SSSR count). The van der Waals surface area contributed by atoms with E-state index < -0.39 is 11.5 Å². The van der Waals surface area contributed by atoms with Crippen molar-refractivity contribution >= 4 is 11.8 Å². The van der Waals surface area contributed by atoms with Gasteiger partial charge in [0.2, 0.25) is 17.6 Å². The zero-order valence-electron chi connectivity index (χ0n) is 17.1. The maximum absolute atomic E-state index is 13.0. The van der Waals surface area contributed by atoms with Crippen molar-refractivity contribution in [1.29, 1.82) is 0 Å². The number of nitrogens with zero attached hydrogens (tertiary/aromatic N) is 4. The minimum absolute atomic E-state index is 0.0413. The Hall–Kier alpha value is -2.74. The third-order valence-corrected chi connectivity index (χ3v) is 6.68. The molecule has 3 aliphatic rings. The number of likely N-dealkylation sites (tertiary alicyclic amines) is 2. The molecular weight excluding hydrogens is 384 g/mol. The van der Waals surface area contributed by atoms with E-state index in [1.54, 1.807) is 29.0 Å². The number of carbonyl (C=O) groups excluding carboxylic acids is 2. The molecule has 3 fully saturated rings. The van der Waals surface area contributed by atoms with Crippen LogP contribution in [0.2, 0.25) is 0 Å². The summed E-state index contributed by atoms with van der Waals surface area (Å²) in [5, 5.41) is 14.2. The average molecular weight is 410 g/mol. The van der Waals surface area contributed by atoms with Crippen molar-refractivity contribution in [3.8, 4) is 11.4 Å². The molecule has 2 aliphatic heterocycles. The smallest absolute Gasteiger partial charge is 0.253 e. The predicted molar refractivity (Wildman–Crippen MR) is 108 cm³/mol. The van der Waals surface area contributed by atoms with E-state index in [1.165, 1.54) is 0 Å². The minimum Gasteiger partial charge on any atom is -0.391 e. The van der Waals surface area contributed by atoms with Gasteiger partial charge in [0.1, 0.15) is 0 Å². The SMILES string of the molecule is CN1CC(O)CC2(CCN(C(=O)c3ccc(-c4noc(C5CC5)n4)cc3)CC2)C1=O. The molecule has 1 aliphatic carbocycles. The van der Waals surface area contributed by atoms with Gasteiger partial charge in [-0.25, -0.2) is 0 Å². The predicted octanol–water partition coefficient (Wildman–Crippen LogP) is 2.06. The van der Waals surface area contributed by atoms with Crippen molar-refractivity contribution in [3.63, 3.8) is 0 Å². The Morgan fingerprint density at radius 1 is 1.20 bits per heavy atom. The first-order chi connectivity index (χ1) is 14.4. The van der Waals surface area contributed by atoms with Gasteiger partial charge in [-0.05, 0) is 44.2 Å². The van der Waals surface area contributed by atoms with Crippen LogP contribution in [0.25, 0.3) is 11.4 Å². The summed E-state index contributed by atoms with van der Waals surface area (Å²) in [6.45, 7) is 1.42. The lowest BCUT2D eigenvalue weighted by Gasteiger charge is -2.47. The first kappa shape index (κ1) is 19.2. The molecule has 8 nitrogen and oxygen atoms in total. The molecule has 3 heterocycles. The quantitative estimate of drug-likeness (QED) is 0.831. The lowest BCUT2D eigenvalue weighted by Crippen LogP contribution is -2.56. The van der Waals surface area contributed by atoms with E-state index in [2.05, 4.69) is 10.1 Å². The van der Waals surface area contributed by atoms with E-state index in [4.69, 9.17) is 4.52 Å². The summed E-state index contributed by atoms with van der Waals surface area (Å²) in [5.41, 5.74) is 0.891. The van der Waals surface area contributed by atoms with Gasteiger partial charge in [0, 0.05) is 43.7 Å². The number of rotatable bonds is 3. The van der Waals surface area contributed by atoms with Crippen LogP contribution in [-0.4, -0.2) is 69.6 Å². The maximum Gasteiger partial charge on any atom is 0.253 e. The molecule has 1 saturated carbocycles. The number of likely N-dealkylation sites (N-methyl/N-ethyl adjacent to an activating group) is 1. The molecule has 2 amide bonds. The van der Waals surface area contributed by atoms with Gasteiger partial charge in [-0.2, -0.15) is 4.98 Å². The van der Waals surface area contributed by atoms with Gasteiger partial charge in [0.05, 0.1) is 11.5 Å². The number of aromatic nitrogens is 2. The molecule has 1 unspecified atom stereocenters. The molecule has 1 N–H and O–H groups in total. The summed E-state index contributed by atoms with van der Waals surface area (Å²) in [5.74, 6) is 1.71. The van der Waals surface area contributed by atoms with E-state index in [0.29, 0.717) is 62.1 Å². The molecule has 2 aromatic rings. The topological polar surface area (TPSA) is 99.8 Å². The summed E-state index contributed by atoms with van der Waals surface area (Å²) in [7, 11) is 1.74. The monoisotopic (exact) mass is 410 g/mol. The lowest BCUT2D eigenvalue weighted by molar-refractivity contribution is -0.154. The van der Waals surface area contributed by atoms with Crippen molar-refractivity contribution < 1.29 is 19.2 Å². The highest BCUT2D eigenvalue weighted by Gasteiger charge is 2.48. The van der Waals surface area contributed by atoms with E-state index in [0.717, 1.165) is 18.4 Å². The van der Waals surface area contributed by atoms with E-state index in [-0.39, 0.29) is 11.8 Å². The number of aliphatic hydroxyl groups is 1.